The highest BCUT2D eigenvalue weighted by molar-refractivity contribution is 9.10. The Kier molecular flexibility index (Phi) is 3.79. The van der Waals surface area contributed by atoms with Crippen LogP contribution in [0.5, 0.6) is 0 Å². The average Bonchev–Trinajstić information content (AvgIpc) is 2.68. The second kappa shape index (κ2) is 5.13. The number of thiophene rings is 1. The number of hydrogen-bond acceptors (Lipinski definition) is 2. The molecule has 1 heterocycles. The average molecular weight is 297 g/mol. The number of rotatable bonds is 3. The number of halogens is 1. The van der Waals surface area contributed by atoms with Crippen molar-refractivity contribution >= 4 is 27.3 Å². The lowest BCUT2D eigenvalue weighted by atomic mass is 10.0. The minimum Gasteiger partial charge on any atom is -0.388 e. The van der Waals surface area contributed by atoms with Crippen LogP contribution in [0.3, 0.4) is 0 Å². The van der Waals surface area contributed by atoms with Crippen molar-refractivity contribution in [3.63, 3.8) is 0 Å². The Bertz CT molecular complexity index is 478. The van der Waals surface area contributed by atoms with E-state index in [9.17, 15) is 5.11 Å². The van der Waals surface area contributed by atoms with E-state index in [4.69, 9.17) is 0 Å². The molecule has 1 unspecified atom stereocenters. The molecule has 0 saturated heterocycles. The minimum atomic E-state index is -0.413. The molecule has 1 N–H and O–H groups in total. The van der Waals surface area contributed by atoms with Gasteiger partial charge in [-0.25, -0.2) is 0 Å². The maximum Gasteiger partial charge on any atom is 0.0838 e. The zero-order valence-electron chi connectivity index (χ0n) is 8.98. The zero-order valence-corrected chi connectivity index (χ0v) is 11.4. The smallest absolute Gasteiger partial charge is 0.0838 e. The Hall–Kier alpha value is -0.640. The number of benzene rings is 1. The van der Waals surface area contributed by atoms with Gasteiger partial charge in [-0.2, -0.15) is 0 Å². The Balaban J connectivity index is 2.13. The lowest BCUT2D eigenvalue weighted by molar-refractivity contribution is 0.178. The van der Waals surface area contributed by atoms with Gasteiger partial charge < -0.3 is 5.11 Å². The van der Waals surface area contributed by atoms with E-state index in [1.807, 2.05) is 35.7 Å². The van der Waals surface area contributed by atoms with Gasteiger partial charge in [0.1, 0.15) is 0 Å². The van der Waals surface area contributed by atoms with Crippen LogP contribution >= 0.6 is 27.3 Å². The van der Waals surface area contributed by atoms with Gasteiger partial charge in [-0.15, -0.1) is 11.3 Å². The van der Waals surface area contributed by atoms with E-state index in [1.54, 1.807) is 11.3 Å². The number of hydrogen-bond donors (Lipinski definition) is 1. The predicted octanol–water partition coefficient (Wildman–Crippen LogP) is 4.10. The molecule has 0 saturated carbocycles. The van der Waals surface area contributed by atoms with Gasteiger partial charge in [0.05, 0.1) is 6.10 Å². The molecule has 1 nitrogen and oxygen atoms in total. The summed E-state index contributed by atoms with van der Waals surface area (Å²) in [5.74, 6) is 0. The molecule has 0 aliphatic rings. The fourth-order valence-electron chi connectivity index (χ4n) is 1.63. The van der Waals surface area contributed by atoms with Crippen LogP contribution in [-0.4, -0.2) is 5.11 Å². The SMILES string of the molecule is Cc1cc(C(O)Cc2ccccc2Br)cs1. The molecule has 3 heteroatoms. The molecule has 1 aromatic heterocycles. The molecule has 0 aliphatic heterocycles. The van der Waals surface area contributed by atoms with E-state index in [0.717, 1.165) is 15.6 Å². The van der Waals surface area contributed by atoms with Crippen molar-refractivity contribution in [2.75, 3.05) is 0 Å². The minimum absolute atomic E-state index is 0.413. The molecule has 0 bridgehead atoms. The van der Waals surface area contributed by atoms with Crippen LogP contribution in [0.25, 0.3) is 0 Å². The normalized spacial score (nSPS) is 12.7. The van der Waals surface area contributed by atoms with Crippen molar-refractivity contribution in [1.82, 2.24) is 0 Å². The lowest BCUT2D eigenvalue weighted by Crippen LogP contribution is -2.00. The van der Waals surface area contributed by atoms with Crippen molar-refractivity contribution in [3.05, 3.63) is 56.2 Å². The molecule has 1 atom stereocenters. The Labute approximate surface area is 108 Å². The Morgan fingerprint density at radius 3 is 2.75 bits per heavy atom. The van der Waals surface area contributed by atoms with Gasteiger partial charge in [0.25, 0.3) is 0 Å². The Morgan fingerprint density at radius 2 is 2.12 bits per heavy atom. The van der Waals surface area contributed by atoms with Crippen LogP contribution in [-0.2, 0) is 6.42 Å². The van der Waals surface area contributed by atoms with E-state index in [2.05, 4.69) is 22.9 Å². The van der Waals surface area contributed by atoms with Crippen LogP contribution in [0.1, 0.15) is 22.1 Å². The van der Waals surface area contributed by atoms with Crippen LogP contribution in [0.4, 0.5) is 0 Å². The third-order valence-corrected chi connectivity index (χ3v) is 4.16. The first-order valence-electron chi connectivity index (χ1n) is 5.13. The largest absolute Gasteiger partial charge is 0.388 e. The van der Waals surface area contributed by atoms with Crippen LogP contribution in [0, 0.1) is 6.92 Å². The predicted molar refractivity (Wildman–Crippen MR) is 71.9 cm³/mol. The van der Waals surface area contributed by atoms with E-state index in [-0.39, 0.29) is 0 Å². The number of aryl methyl sites for hydroxylation is 1. The van der Waals surface area contributed by atoms with Crippen molar-refractivity contribution in [1.29, 1.82) is 0 Å². The van der Waals surface area contributed by atoms with Crippen LogP contribution < -0.4 is 0 Å². The molecule has 2 aromatic rings. The topological polar surface area (TPSA) is 20.2 Å². The molecule has 0 radical (unpaired) electrons. The van der Waals surface area contributed by atoms with E-state index < -0.39 is 6.10 Å². The second-order valence-corrected chi connectivity index (χ2v) is 5.77. The van der Waals surface area contributed by atoms with Gasteiger partial charge in [-0.3, -0.25) is 0 Å². The molecule has 0 fully saturated rings. The third-order valence-electron chi connectivity index (χ3n) is 2.51. The molecule has 0 aliphatic carbocycles. The van der Waals surface area contributed by atoms with Crippen molar-refractivity contribution in [2.24, 2.45) is 0 Å². The number of aliphatic hydroxyl groups excluding tert-OH is 1. The summed E-state index contributed by atoms with van der Waals surface area (Å²) in [6, 6.07) is 10.1. The van der Waals surface area contributed by atoms with E-state index >= 15 is 0 Å². The monoisotopic (exact) mass is 296 g/mol. The fourth-order valence-corrected chi connectivity index (χ4v) is 2.83. The summed E-state index contributed by atoms with van der Waals surface area (Å²) in [5.41, 5.74) is 2.15. The molecule has 16 heavy (non-hydrogen) atoms. The molecule has 1 aromatic carbocycles. The molecular weight excluding hydrogens is 284 g/mol. The van der Waals surface area contributed by atoms with Gasteiger partial charge in [-0.1, -0.05) is 34.1 Å². The van der Waals surface area contributed by atoms with Gasteiger partial charge in [0, 0.05) is 15.8 Å². The quantitative estimate of drug-likeness (QED) is 0.904. The van der Waals surface area contributed by atoms with Crippen LogP contribution in [0.15, 0.2) is 40.2 Å². The zero-order chi connectivity index (χ0) is 11.5. The van der Waals surface area contributed by atoms with E-state index in [1.165, 1.54) is 4.88 Å². The summed E-state index contributed by atoms with van der Waals surface area (Å²) >= 11 is 5.17. The second-order valence-electron chi connectivity index (χ2n) is 3.80. The molecular formula is C13H13BrOS. The summed E-state index contributed by atoms with van der Waals surface area (Å²) in [5, 5.41) is 12.1. The van der Waals surface area contributed by atoms with Crippen molar-refractivity contribution < 1.29 is 5.11 Å². The first kappa shape index (κ1) is 11.8. The van der Waals surface area contributed by atoms with Crippen molar-refractivity contribution in [2.45, 2.75) is 19.4 Å². The number of aliphatic hydroxyl groups is 1. The van der Waals surface area contributed by atoms with Crippen molar-refractivity contribution in [3.8, 4) is 0 Å². The van der Waals surface area contributed by atoms with Gasteiger partial charge in [0.2, 0.25) is 0 Å². The Morgan fingerprint density at radius 1 is 1.38 bits per heavy atom. The maximum atomic E-state index is 10.1. The molecule has 0 spiro atoms. The van der Waals surface area contributed by atoms with Crippen LogP contribution in [0.2, 0.25) is 0 Å². The summed E-state index contributed by atoms with van der Waals surface area (Å²) in [4.78, 5) is 1.24. The first-order valence-corrected chi connectivity index (χ1v) is 6.80. The first-order chi connectivity index (χ1) is 7.66. The van der Waals surface area contributed by atoms with Gasteiger partial charge in [0.15, 0.2) is 0 Å². The lowest BCUT2D eigenvalue weighted by Gasteiger charge is -2.10. The summed E-state index contributed by atoms with van der Waals surface area (Å²) in [6.45, 7) is 2.05. The summed E-state index contributed by atoms with van der Waals surface area (Å²) < 4.78 is 1.06. The highest BCUT2D eigenvalue weighted by atomic mass is 79.9. The summed E-state index contributed by atoms with van der Waals surface area (Å²) in [6.07, 6.45) is 0.237. The fraction of sp³-hybridized carbons (Fsp3) is 0.231. The van der Waals surface area contributed by atoms with E-state index in [0.29, 0.717) is 6.42 Å². The summed E-state index contributed by atoms with van der Waals surface area (Å²) in [7, 11) is 0. The van der Waals surface area contributed by atoms with Gasteiger partial charge >= 0.3 is 0 Å². The maximum absolute atomic E-state index is 10.1. The highest BCUT2D eigenvalue weighted by Crippen LogP contribution is 2.26. The van der Waals surface area contributed by atoms with Gasteiger partial charge in [-0.05, 0) is 35.6 Å². The highest BCUT2D eigenvalue weighted by Gasteiger charge is 2.11. The standard InChI is InChI=1S/C13H13BrOS/c1-9-6-11(8-16-9)13(15)7-10-4-2-3-5-12(10)14/h2-6,8,13,15H,7H2,1H3. The molecule has 0 amide bonds. The molecule has 84 valence electrons. The molecule has 2 rings (SSSR count). The third kappa shape index (κ3) is 2.73.